The van der Waals surface area contributed by atoms with E-state index in [1.807, 2.05) is 0 Å². The average molecular weight is 125 g/mol. The standard InChI is InChI=1S/C4H6F3N/c5-2-3(8)1-4(3,6)7/h1-2,8H2. The SMILES string of the molecule is NC1(CF)CC1(F)F. The van der Waals surface area contributed by atoms with E-state index in [2.05, 4.69) is 0 Å². The van der Waals surface area contributed by atoms with Crippen molar-refractivity contribution in [2.75, 3.05) is 6.67 Å². The summed E-state index contributed by atoms with van der Waals surface area (Å²) >= 11 is 0. The van der Waals surface area contributed by atoms with E-state index in [4.69, 9.17) is 5.73 Å². The smallest absolute Gasteiger partial charge is 0.270 e. The van der Waals surface area contributed by atoms with Crippen molar-refractivity contribution in [2.45, 2.75) is 17.9 Å². The van der Waals surface area contributed by atoms with Gasteiger partial charge in [-0.25, -0.2) is 13.2 Å². The van der Waals surface area contributed by atoms with E-state index >= 15 is 0 Å². The van der Waals surface area contributed by atoms with Gasteiger partial charge in [-0.1, -0.05) is 0 Å². The number of alkyl halides is 3. The maximum atomic E-state index is 11.8. The minimum absolute atomic E-state index is 0.503. The van der Waals surface area contributed by atoms with E-state index in [1.54, 1.807) is 0 Å². The minimum Gasteiger partial charge on any atom is -0.318 e. The number of nitrogens with two attached hydrogens (primary N) is 1. The van der Waals surface area contributed by atoms with Crippen LogP contribution in [0.15, 0.2) is 0 Å². The van der Waals surface area contributed by atoms with E-state index < -0.39 is 24.6 Å². The lowest BCUT2D eigenvalue weighted by Gasteiger charge is -2.00. The molecule has 0 heterocycles. The molecule has 48 valence electrons. The molecular formula is C4H6F3N. The van der Waals surface area contributed by atoms with Crippen LogP contribution in [0.2, 0.25) is 0 Å². The summed E-state index contributed by atoms with van der Waals surface area (Å²) in [6.45, 7) is -1.12. The molecule has 2 N–H and O–H groups in total. The molecule has 0 radical (unpaired) electrons. The fraction of sp³-hybridized carbons (Fsp3) is 1.00. The van der Waals surface area contributed by atoms with E-state index in [0.29, 0.717) is 0 Å². The third-order valence-electron chi connectivity index (χ3n) is 1.38. The minimum atomic E-state index is -2.94. The van der Waals surface area contributed by atoms with Crippen LogP contribution < -0.4 is 5.73 Å². The first-order valence-corrected chi connectivity index (χ1v) is 2.24. The molecule has 1 rings (SSSR count). The molecule has 1 aliphatic rings. The van der Waals surface area contributed by atoms with E-state index in [9.17, 15) is 13.2 Å². The van der Waals surface area contributed by atoms with Crippen LogP contribution in [0.25, 0.3) is 0 Å². The van der Waals surface area contributed by atoms with E-state index in [0.717, 1.165) is 0 Å². The lowest BCUT2D eigenvalue weighted by Crippen LogP contribution is -2.32. The molecular weight excluding hydrogens is 119 g/mol. The second-order valence-corrected chi connectivity index (χ2v) is 2.17. The topological polar surface area (TPSA) is 26.0 Å². The highest BCUT2D eigenvalue weighted by molar-refractivity contribution is 5.15. The molecule has 0 bridgehead atoms. The quantitative estimate of drug-likeness (QED) is 0.548. The van der Waals surface area contributed by atoms with Gasteiger partial charge in [0.15, 0.2) is 0 Å². The Labute approximate surface area is 44.7 Å². The van der Waals surface area contributed by atoms with Crippen molar-refractivity contribution in [1.82, 2.24) is 0 Å². The third-order valence-corrected chi connectivity index (χ3v) is 1.38. The second kappa shape index (κ2) is 1.18. The van der Waals surface area contributed by atoms with Crippen molar-refractivity contribution >= 4 is 0 Å². The molecule has 0 aromatic heterocycles. The van der Waals surface area contributed by atoms with E-state index in [-0.39, 0.29) is 0 Å². The van der Waals surface area contributed by atoms with Crippen molar-refractivity contribution in [1.29, 1.82) is 0 Å². The number of rotatable bonds is 1. The molecule has 0 aromatic rings. The molecule has 0 amide bonds. The maximum Gasteiger partial charge on any atom is 0.270 e. The van der Waals surface area contributed by atoms with Gasteiger partial charge in [0, 0.05) is 6.42 Å². The number of hydrogen-bond donors (Lipinski definition) is 1. The van der Waals surface area contributed by atoms with Crippen LogP contribution in [0.4, 0.5) is 13.2 Å². The van der Waals surface area contributed by atoms with Gasteiger partial charge in [0.25, 0.3) is 5.92 Å². The van der Waals surface area contributed by atoms with Crippen LogP contribution in [0.5, 0.6) is 0 Å². The Hall–Kier alpha value is -0.250. The summed E-state index contributed by atoms with van der Waals surface area (Å²) < 4.78 is 35.1. The van der Waals surface area contributed by atoms with Crippen LogP contribution in [-0.4, -0.2) is 18.1 Å². The molecule has 0 aromatic carbocycles. The van der Waals surface area contributed by atoms with Crippen molar-refractivity contribution in [3.05, 3.63) is 0 Å². The Morgan fingerprint density at radius 1 is 1.50 bits per heavy atom. The molecule has 0 spiro atoms. The summed E-state index contributed by atoms with van der Waals surface area (Å²) in [7, 11) is 0. The summed E-state index contributed by atoms with van der Waals surface area (Å²) in [6.07, 6.45) is -0.503. The Balaban J connectivity index is 2.55. The summed E-state index contributed by atoms with van der Waals surface area (Å²) in [5.74, 6) is -2.94. The fourth-order valence-electron chi connectivity index (χ4n) is 0.497. The summed E-state index contributed by atoms with van der Waals surface area (Å²) in [6, 6.07) is 0. The predicted molar refractivity (Wildman–Crippen MR) is 22.5 cm³/mol. The molecule has 0 saturated heterocycles. The molecule has 1 atom stereocenters. The lowest BCUT2D eigenvalue weighted by molar-refractivity contribution is 0.0823. The summed E-state index contributed by atoms with van der Waals surface area (Å²) in [4.78, 5) is 0. The first-order valence-electron chi connectivity index (χ1n) is 2.24. The summed E-state index contributed by atoms with van der Waals surface area (Å²) in [5, 5.41) is 0. The highest BCUT2D eigenvalue weighted by atomic mass is 19.3. The van der Waals surface area contributed by atoms with Crippen LogP contribution in [0, 0.1) is 0 Å². The van der Waals surface area contributed by atoms with Gasteiger partial charge in [-0.15, -0.1) is 0 Å². The molecule has 0 aliphatic heterocycles. The fourth-order valence-corrected chi connectivity index (χ4v) is 0.497. The molecule has 1 unspecified atom stereocenters. The van der Waals surface area contributed by atoms with Crippen molar-refractivity contribution < 1.29 is 13.2 Å². The zero-order valence-corrected chi connectivity index (χ0v) is 4.13. The van der Waals surface area contributed by atoms with Crippen molar-refractivity contribution in [3.63, 3.8) is 0 Å². The third kappa shape index (κ3) is 0.523. The predicted octanol–water partition coefficient (Wildman–Crippen LogP) is 0.692. The normalized spacial score (nSPS) is 42.0. The number of halogens is 3. The molecule has 1 fully saturated rings. The van der Waals surface area contributed by atoms with Gasteiger partial charge in [-0.05, 0) is 0 Å². The van der Waals surface area contributed by atoms with Crippen LogP contribution in [-0.2, 0) is 0 Å². The average Bonchev–Trinajstić information content (AvgIpc) is 2.10. The Morgan fingerprint density at radius 3 is 1.88 bits per heavy atom. The molecule has 1 aliphatic carbocycles. The molecule has 4 heteroatoms. The number of hydrogen-bond acceptors (Lipinski definition) is 1. The van der Waals surface area contributed by atoms with E-state index in [1.165, 1.54) is 0 Å². The molecule has 1 saturated carbocycles. The lowest BCUT2D eigenvalue weighted by atomic mass is 10.3. The Bertz CT molecular complexity index is 114. The van der Waals surface area contributed by atoms with Gasteiger partial charge in [0.05, 0.1) is 0 Å². The van der Waals surface area contributed by atoms with Crippen LogP contribution in [0.3, 0.4) is 0 Å². The van der Waals surface area contributed by atoms with Gasteiger partial charge in [-0.2, -0.15) is 0 Å². The maximum absolute atomic E-state index is 11.8. The zero-order valence-electron chi connectivity index (χ0n) is 4.13. The van der Waals surface area contributed by atoms with Crippen LogP contribution in [0.1, 0.15) is 6.42 Å². The van der Waals surface area contributed by atoms with Gasteiger partial charge in [-0.3, -0.25) is 0 Å². The summed E-state index contributed by atoms with van der Waals surface area (Å²) in [5.41, 5.74) is 2.99. The molecule has 8 heavy (non-hydrogen) atoms. The highest BCUT2D eigenvalue weighted by Gasteiger charge is 2.69. The van der Waals surface area contributed by atoms with Crippen LogP contribution >= 0.6 is 0 Å². The van der Waals surface area contributed by atoms with Gasteiger partial charge >= 0.3 is 0 Å². The first kappa shape index (κ1) is 5.88. The van der Waals surface area contributed by atoms with Gasteiger partial charge < -0.3 is 5.73 Å². The Morgan fingerprint density at radius 2 is 1.88 bits per heavy atom. The zero-order chi connectivity index (χ0) is 6.41. The van der Waals surface area contributed by atoms with Gasteiger partial charge in [0.2, 0.25) is 0 Å². The first-order chi connectivity index (χ1) is 3.52. The van der Waals surface area contributed by atoms with Crippen molar-refractivity contribution in [2.24, 2.45) is 5.73 Å². The largest absolute Gasteiger partial charge is 0.318 e. The highest BCUT2D eigenvalue weighted by Crippen LogP contribution is 2.50. The molecule has 1 nitrogen and oxygen atoms in total. The van der Waals surface area contributed by atoms with Crippen molar-refractivity contribution in [3.8, 4) is 0 Å². The Kier molecular flexibility index (Phi) is 0.867. The second-order valence-electron chi connectivity index (χ2n) is 2.17. The van der Waals surface area contributed by atoms with Gasteiger partial charge in [0.1, 0.15) is 12.2 Å². The monoisotopic (exact) mass is 125 g/mol.